The maximum atomic E-state index is 12.8. The van der Waals surface area contributed by atoms with Gasteiger partial charge < -0.3 is 14.5 Å². The number of ether oxygens (including phenoxy) is 1. The Balaban J connectivity index is 1.47. The van der Waals surface area contributed by atoms with Crippen LogP contribution in [0.4, 0.5) is 0 Å². The minimum Gasteiger partial charge on any atom is -0.496 e. The van der Waals surface area contributed by atoms with Gasteiger partial charge in [0.05, 0.1) is 12.9 Å². The number of aryl methyl sites for hydroxylation is 2. The molecule has 6 heteroatoms. The predicted octanol–water partition coefficient (Wildman–Crippen LogP) is 3.53. The topological polar surface area (TPSA) is 49.9 Å². The summed E-state index contributed by atoms with van der Waals surface area (Å²) >= 11 is 1.64. The summed E-state index contributed by atoms with van der Waals surface area (Å²) in [5, 5.41) is 0. The first kappa shape index (κ1) is 21.2. The fraction of sp³-hybridized carbons (Fsp3) is 0.391. The SMILES string of the molecule is COc1cc(C(=O)N2CCN(C(=O)CSCc3cccc(C)c3)CC2)ccc1C. The number of hydrogen-bond acceptors (Lipinski definition) is 4. The van der Waals surface area contributed by atoms with Gasteiger partial charge in [-0.05, 0) is 37.1 Å². The average Bonchev–Trinajstić information content (AvgIpc) is 2.73. The molecule has 1 saturated heterocycles. The fourth-order valence-electron chi connectivity index (χ4n) is 3.44. The molecule has 0 aliphatic carbocycles. The van der Waals surface area contributed by atoms with Crippen LogP contribution in [-0.4, -0.2) is 60.7 Å². The van der Waals surface area contributed by atoms with Gasteiger partial charge in [-0.25, -0.2) is 0 Å². The molecule has 29 heavy (non-hydrogen) atoms. The van der Waals surface area contributed by atoms with Gasteiger partial charge in [0.1, 0.15) is 5.75 Å². The first-order valence-corrected chi connectivity index (χ1v) is 11.0. The normalized spacial score (nSPS) is 14.0. The molecule has 0 aromatic heterocycles. The number of rotatable bonds is 6. The van der Waals surface area contributed by atoms with Gasteiger partial charge in [0.2, 0.25) is 5.91 Å². The van der Waals surface area contributed by atoms with Crippen molar-refractivity contribution in [2.24, 2.45) is 0 Å². The number of nitrogens with zero attached hydrogens (tertiary/aromatic N) is 2. The Hall–Kier alpha value is -2.47. The zero-order chi connectivity index (χ0) is 20.8. The van der Waals surface area contributed by atoms with Crippen molar-refractivity contribution in [3.8, 4) is 5.75 Å². The number of benzene rings is 2. The van der Waals surface area contributed by atoms with Crippen LogP contribution in [0, 0.1) is 13.8 Å². The van der Waals surface area contributed by atoms with Gasteiger partial charge in [-0.15, -0.1) is 11.8 Å². The van der Waals surface area contributed by atoms with Crippen LogP contribution < -0.4 is 4.74 Å². The smallest absolute Gasteiger partial charge is 0.254 e. The molecule has 2 aromatic carbocycles. The second-order valence-electron chi connectivity index (χ2n) is 7.34. The van der Waals surface area contributed by atoms with Crippen molar-refractivity contribution in [2.75, 3.05) is 39.0 Å². The van der Waals surface area contributed by atoms with E-state index in [4.69, 9.17) is 4.74 Å². The van der Waals surface area contributed by atoms with Gasteiger partial charge in [0, 0.05) is 37.5 Å². The van der Waals surface area contributed by atoms with E-state index >= 15 is 0 Å². The summed E-state index contributed by atoms with van der Waals surface area (Å²) in [6.45, 7) is 6.31. The second-order valence-corrected chi connectivity index (χ2v) is 8.32. The summed E-state index contributed by atoms with van der Waals surface area (Å²) in [4.78, 5) is 29.0. The quantitative estimate of drug-likeness (QED) is 0.728. The van der Waals surface area contributed by atoms with Crippen LogP contribution >= 0.6 is 11.8 Å². The van der Waals surface area contributed by atoms with Crippen LogP contribution in [0.3, 0.4) is 0 Å². The molecule has 0 atom stereocenters. The molecule has 0 unspecified atom stereocenters. The number of thioether (sulfide) groups is 1. The Bertz CT molecular complexity index is 876. The van der Waals surface area contributed by atoms with E-state index < -0.39 is 0 Å². The van der Waals surface area contributed by atoms with Crippen LogP contribution in [-0.2, 0) is 10.5 Å². The number of piperazine rings is 1. The second kappa shape index (κ2) is 9.83. The lowest BCUT2D eigenvalue weighted by atomic mass is 10.1. The van der Waals surface area contributed by atoms with Crippen LogP contribution in [0.1, 0.15) is 27.0 Å². The third-order valence-electron chi connectivity index (χ3n) is 5.15. The summed E-state index contributed by atoms with van der Waals surface area (Å²) in [7, 11) is 1.61. The number of carbonyl (C=O) groups is 2. The van der Waals surface area contributed by atoms with E-state index in [1.165, 1.54) is 11.1 Å². The van der Waals surface area contributed by atoms with E-state index in [1.54, 1.807) is 24.9 Å². The lowest BCUT2D eigenvalue weighted by Crippen LogP contribution is -2.51. The molecule has 0 spiro atoms. The minimum absolute atomic E-state index is 0.00998. The Kier molecular flexibility index (Phi) is 7.20. The first-order chi connectivity index (χ1) is 14.0. The summed E-state index contributed by atoms with van der Waals surface area (Å²) in [5.41, 5.74) is 4.11. The molecule has 0 N–H and O–H groups in total. The lowest BCUT2D eigenvalue weighted by Gasteiger charge is -2.35. The summed E-state index contributed by atoms with van der Waals surface area (Å²) in [5.74, 6) is 2.16. The Morgan fingerprint density at radius 3 is 2.41 bits per heavy atom. The monoisotopic (exact) mass is 412 g/mol. The Morgan fingerprint density at radius 2 is 1.72 bits per heavy atom. The van der Waals surface area contributed by atoms with Crippen LogP contribution in [0.15, 0.2) is 42.5 Å². The summed E-state index contributed by atoms with van der Waals surface area (Å²) in [6.07, 6.45) is 0. The van der Waals surface area contributed by atoms with Crippen molar-refractivity contribution >= 4 is 23.6 Å². The molecule has 1 fully saturated rings. The van der Waals surface area contributed by atoms with E-state index in [0.29, 0.717) is 37.5 Å². The number of hydrogen-bond donors (Lipinski definition) is 0. The van der Waals surface area contributed by atoms with Crippen molar-refractivity contribution in [1.82, 2.24) is 9.80 Å². The van der Waals surface area contributed by atoms with Crippen LogP contribution in [0.25, 0.3) is 0 Å². The highest BCUT2D eigenvalue weighted by Crippen LogP contribution is 2.21. The van der Waals surface area contributed by atoms with E-state index in [2.05, 4.69) is 25.1 Å². The molecular weight excluding hydrogens is 384 g/mol. The van der Waals surface area contributed by atoms with Crippen LogP contribution in [0.5, 0.6) is 5.75 Å². The Labute approximate surface area is 177 Å². The van der Waals surface area contributed by atoms with Gasteiger partial charge in [-0.3, -0.25) is 9.59 Å². The van der Waals surface area contributed by atoms with Crippen molar-refractivity contribution in [3.05, 3.63) is 64.7 Å². The largest absolute Gasteiger partial charge is 0.496 e. The zero-order valence-electron chi connectivity index (χ0n) is 17.3. The van der Waals surface area contributed by atoms with Gasteiger partial charge >= 0.3 is 0 Å². The van der Waals surface area contributed by atoms with Gasteiger partial charge in [-0.2, -0.15) is 0 Å². The van der Waals surface area contributed by atoms with E-state index in [1.807, 2.05) is 34.9 Å². The third kappa shape index (κ3) is 5.54. The highest BCUT2D eigenvalue weighted by Gasteiger charge is 2.25. The highest BCUT2D eigenvalue weighted by molar-refractivity contribution is 7.99. The van der Waals surface area contributed by atoms with E-state index in [-0.39, 0.29) is 11.8 Å². The molecule has 2 amide bonds. The number of amides is 2. The lowest BCUT2D eigenvalue weighted by molar-refractivity contribution is -0.129. The highest BCUT2D eigenvalue weighted by atomic mass is 32.2. The average molecular weight is 413 g/mol. The molecule has 0 saturated carbocycles. The molecule has 1 heterocycles. The van der Waals surface area contributed by atoms with Crippen molar-refractivity contribution in [1.29, 1.82) is 0 Å². The fourth-order valence-corrected chi connectivity index (χ4v) is 4.32. The molecule has 2 aromatic rings. The molecule has 5 nitrogen and oxygen atoms in total. The van der Waals surface area contributed by atoms with Crippen molar-refractivity contribution in [3.63, 3.8) is 0 Å². The molecule has 0 bridgehead atoms. The molecule has 154 valence electrons. The van der Waals surface area contributed by atoms with E-state index in [9.17, 15) is 9.59 Å². The summed E-state index contributed by atoms with van der Waals surface area (Å²) < 4.78 is 5.32. The molecular formula is C23H28N2O3S. The summed E-state index contributed by atoms with van der Waals surface area (Å²) in [6, 6.07) is 13.9. The van der Waals surface area contributed by atoms with Crippen molar-refractivity contribution in [2.45, 2.75) is 19.6 Å². The molecule has 1 aliphatic rings. The van der Waals surface area contributed by atoms with Gasteiger partial charge in [-0.1, -0.05) is 35.9 Å². The Morgan fingerprint density at radius 1 is 1.00 bits per heavy atom. The van der Waals surface area contributed by atoms with Gasteiger partial charge in [0.25, 0.3) is 5.91 Å². The maximum absolute atomic E-state index is 12.8. The van der Waals surface area contributed by atoms with Crippen molar-refractivity contribution < 1.29 is 14.3 Å². The maximum Gasteiger partial charge on any atom is 0.254 e. The molecule has 3 rings (SSSR count). The molecule has 0 radical (unpaired) electrons. The number of methoxy groups -OCH3 is 1. The number of carbonyl (C=O) groups excluding carboxylic acids is 2. The van der Waals surface area contributed by atoms with Gasteiger partial charge in [0.15, 0.2) is 0 Å². The predicted molar refractivity (Wildman–Crippen MR) is 118 cm³/mol. The minimum atomic E-state index is -0.00998. The zero-order valence-corrected chi connectivity index (χ0v) is 18.1. The molecule has 1 aliphatic heterocycles. The third-order valence-corrected chi connectivity index (χ3v) is 6.14. The standard InChI is InChI=1S/C23H28N2O3S/c1-17-5-4-6-19(13-17)15-29-16-22(26)24-9-11-25(12-10-24)23(27)20-8-7-18(2)21(14-20)28-3/h4-8,13-14H,9-12,15-16H2,1-3H3. The first-order valence-electron chi connectivity index (χ1n) is 9.83. The van der Waals surface area contributed by atoms with Crippen LogP contribution in [0.2, 0.25) is 0 Å². The van der Waals surface area contributed by atoms with E-state index in [0.717, 1.165) is 17.1 Å².